The van der Waals surface area contributed by atoms with Gasteiger partial charge in [-0.3, -0.25) is 0 Å². The summed E-state index contributed by atoms with van der Waals surface area (Å²) >= 11 is 5.22. The van der Waals surface area contributed by atoms with Crippen LogP contribution in [-0.2, 0) is 0 Å². The first-order valence-electron chi connectivity index (χ1n) is 6.33. The Bertz CT molecular complexity index is 642. The number of benzene rings is 1. The van der Waals surface area contributed by atoms with Crippen molar-refractivity contribution in [2.24, 2.45) is 5.73 Å². The van der Waals surface area contributed by atoms with E-state index in [1.54, 1.807) is 32.7 Å². The Kier molecular flexibility index (Phi) is 5.13. The van der Waals surface area contributed by atoms with Crippen LogP contribution in [0.25, 0.3) is 0 Å². The highest BCUT2D eigenvalue weighted by molar-refractivity contribution is 9.10. The molecule has 0 radical (unpaired) electrons. The van der Waals surface area contributed by atoms with Gasteiger partial charge in [0, 0.05) is 19.8 Å². The highest BCUT2D eigenvalue weighted by atomic mass is 79.9. The highest BCUT2D eigenvalue weighted by Gasteiger charge is 2.23. The Hall–Kier alpha value is -1.24. The monoisotopic (exact) mass is 371 g/mol. The topological polar surface area (TPSA) is 53.7 Å². The number of rotatable bonds is 5. The van der Waals surface area contributed by atoms with Crippen molar-refractivity contribution < 1.29 is 14.2 Å². The van der Waals surface area contributed by atoms with Crippen molar-refractivity contribution in [3.05, 3.63) is 38.0 Å². The van der Waals surface area contributed by atoms with Crippen molar-refractivity contribution in [3.63, 3.8) is 0 Å². The third-order valence-electron chi connectivity index (χ3n) is 3.19. The van der Waals surface area contributed by atoms with Gasteiger partial charge in [-0.25, -0.2) is 0 Å². The van der Waals surface area contributed by atoms with Gasteiger partial charge in [0.15, 0.2) is 11.5 Å². The van der Waals surface area contributed by atoms with Gasteiger partial charge in [-0.05, 0) is 41.1 Å². The van der Waals surface area contributed by atoms with Gasteiger partial charge in [0.25, 0.3) is 0 Å². The zero-order chi connectivity index (χ0) is 15.6. The van der Waals surface area contributed by atoms with Crippen LogP contribution in [0.2, 0.25) is 0 Å². The minimum Gasteiger partial charge on any atom is -0.493 e. The molecule has 21 heavy (non-hydrogen) atoms. The van der Waals surface area contributed by atoms with Crippen LogP contribution >= 0.6 is 27.3 Å². The summed E-state index contributed by atoms with van der Waals surface area (Å²) in [6.45, 7) is 2.05. The quantitative estimate of drug-likeness (QED) is 0.865. The second-order valence-electron chi connectivity index (χ2n) is 4.47. The maximum atomic E-state index is 6.43. The molecular formula is C15H18BrNO3S. The fourth-order valence-corrected chi connectivity index (χ4v) is 4.14. The molecule has 0 fully saturated rings. The van der Waals surface area contributed by atoms with E-state index in [1.165, 1.54) is 4.88 Å². The summed E-state index contributed by atoms with van der Waals surface area (Å²) in [4.78, 5) is 2.25. The van der Waals surface area contributed by atoms with Crippen LogP contribution in [0.4, 0.5) is 0 Å². The summed E-state index contributed by atoms with van der Waals surface area (Å²) in [6, 6.07) is 5.51. The molecule has 0 aliphatic heterocycles. The summed E-state index contributed by atoms with van der Waals surface area (Å²) in [5.41, 5.74) is 7.29. The average molecular weight is 372 g/mol. The highest BCUT2D eigenvalue weighted by Crippen LogP contribution is 2.44. The van der Waals surface area contributed by atoms with Gasteiger partial charge in [-0.1, -0.05) is 0 Å². The van der Waals surface area contributed by atoms with Crippen LogP contribution in [0.5, 0.6) is 17.2 Å². The molecule has 0 aliphatic rings. The second-order valence-corrected chi connectivity index (χ2v) is 6.61. The maximum Gasteiger partial charge on any atom is 0.203 e. The van der Waals surface area contributed by atoms with Crippen molar-refractivity contribution >= 4 is 27.3 Å². The zero-order valence-electron chi connectivity index (χ0n) is 12.4. The van der Waals surface area contributed by atoms with Crippen molar-refractivity contribution in [3.8, 4) is 17.2 Å². The average Bonchev–Trinajstić information content (AvgIpc) is 2.83. The number of hydrogen-bond donors (Lipinski definition) is 1. The van der Waals surface area contributed by atoms with Crippen molar-refractivity contribution in [1.82, 2.24) is 0 Å². The fourth-order valence-electron chi connectivity index (χ4n) is 2.22. The first kappa shape index (κ1) is 16.1. The Morgan fingerprint density at radius 3 is 2.24 bits per heavy atom. The number of nitrogens with two attached hydrogens (primary N) is 1. The molecule has 1 heterocycles. The third kappa shape index (κ3) is 3.02. The first-order chi connectivity index (χ1) is 10.0. The van der Waals surface area contributed by atoms with E-state index in [-0.39, 0.29) is 6.04 Å². The second kappa shape index (κ2) is 6.68. The predicted molar refractivity (Wildman–Crippen MR) is 88.9 cm³/mol. The summed E-state index contributed by atoms with van der Waals surface area (Å²) in [7, 11) is 4.78. The number of methoxy groups -OCH3 is 3. The lowest BCUT2D eigenvalue weighted by Crippen LogP contribution is -2.13. The zero-order valence-corrected chi connectivity index (χ0v) is 14.8. The van der Waals surface area contributed by atoms with Gasteiger partial charge < -0.3 is 19.9 Å². The molecule has 1 unspecified atom stereocenters. The van der Waals surface area contributed by atoms with E-state index in [4.69, 9.17) is 19.9 Å². The number of thiophene rings is 1. The van der Waals surface area contributed by atoms with Gasteiger partial charge in [0.1, 0.15) is 0 Å². The molecule has 4 nitrogen and oxygen atoms in total. The lowest BCUT2D eigenvalue weighted by atomic mass is 10.0. The molecule has 1 aromatic heterocycles. The van der Waals surface area contributed by atoms with E-state index in [2.05, 4.69) is 28.9 Å². The number of ether oxygens (including phenoxy) is 3. The standard InChI is InChI=1S/C15H18BrNO3S/c1-8-7-10(16)15(21-8)12(17)9-5-6-11(18-2)14(20-4)13(9)19-3/h5-7,12H,17H2,1-4H3. The third-order valence-corrected chi connectivity index (χ3v) is 5.24. The van der Waals surface area contributed by atoms with Crippen LogP contribution in [0.15, 0.2) is 22.7 Å². The van der Waals surface area contributed by atoms with Gasteiger partial charge in [0.05, 0.1) is 27.4 Å². The lowest BCUT2D eigenvalue weighted by Gasteiger charge is -2.19. The molecule has 0 spiro atoms. The van der Waals surface area contributed by atoms with Crippen molar-refractivity contribution in [1.29, 1.82) is 0 Å². The van der Waals surface area contributed by atoms with E-state index in [0.717, 1.165) is 14.9 Å². The van der Waals surface area contributed by atoms with E-state index in [9.17, 15) is 0 Å². The Morgan fingerprint density at radius 2 is 1.76 bits per heavy atom. The van der Waals surface area contributed by atoms with Gasteiger partial charge in [-0.15, -0.1) is 11.3 Å². The molecule has 0 amide bonds. The minimum absolute atomic E-state index is 0.298. The Balaban J connectivity index is 2.55. The smallest absolute Gasteiger partial charge is 0.203 e. The van der Waals surface area contributed by atoms with E-state index in [0.29, 0.717) is 17.2 Å². The van der Waals surface area contributed by atoms with Crippen LogP contribution < -0.4 is 19.9 Å². The molecule has 2 rings (SSSR count). The van der Waals surface area contributed by atoms with Crippen LogP contribution in [0.3, 0.4) is 0 Å². The van der Waals surface area contributed by atoms with Gasteiger partial charge in [0.2, 0.25) is 5.75 Å². The summed E-state index contributed by atoms with van der Waals surface area (Å²) in [6.07, 6.45) is 0. The Morgan fingerprint density at radius 1 is 1.10 bits per heavy atom. The van der Waals surface area contributed by atoms with Crippen molar-refractivity contribution in [2.75, 3.05) is 21.3 Å². The number of halogens is 1. The molecular weight excluding hydrogens is 354 g/mol. The largest absolute Gasteiger partial charge is 0.493 e. The number of hydrogen-bond acceptors (Lipinski definition) is 5. The van der Waals surface area contributed by atoms with E-state index < -0.39 is 0 Å². The molecule has 1 atom stereocenters. The summed E-state index contributed by atoms with van der Waals surface area (Å²) in [5.74, 6) is 1.77. The maximum absolute atomic E-state index is 6.43. The van der Waals surface area contributed by atoms with Crippen LogP contribution in [-0.4, -0.2) is 21.3 Å². The molecule has 114 valence electrons. The summed E-state index contributed by atoms with van der Waals surface area (Å²) < 4.78 is 17.2. The molecule has 0 aliphatic carbocycles. The molecule has 2 N–H and O–H groups in total. The molecule has 2 aromatic rings. The van der Waals surface area contributed by atoms with Crippen LogP contribution in [0, 0.1) is 6.92 Å². The molecule has 0 saturated heterocycles. The van der Waals surface area contributed by atoms with Gasteiger partial charge >= 0.3 is 0 Å². The lowest BCUT2D eigenvalue weighted by molar-refractivity contribution is 0.321. The van der Waals surface area contributed by atoms with Crippen LogP contribution in [0.1, 0.15) is 21.4 Å². The fraction of sp³-hybridized carbons (Fsp3) is 0.333. The molecule has 0 bridgehead atoms. The molecule has 1 aromatic carbocycles. The van der Waals surface area contributed by atoms with E-state index >= 15 is 0 Å². The summed E-state index contributed by atoms with van der Waals surface area (Å²) in [5, 5.41) is 0. The normalized spacial score (nSPS) is 12.1. The molecule has 6 heteroatoms. The Labute approximate surface area is 137 Å². The van der Waals surface area contributed by atoms with Gasteiger partial charge in [-0.2, -0.15) is 0 Å². The molecule has 0 saturated carbocycles. The van der Waals surface area contributed by atoms with E-state index in [1.807, 2.05) is 12.1 Å². The number of aryl methyl sites for hydroxylation is 1. The predicted octanol–water partition coefficient (Wildman–Crippen LogP) is 3.89. The minimum atomic E-state index is -0.298. The van der Waals surface area contributed by atoms with Crippen molar-refractivity contribution in [2.45, 2.75) is 13.0 Å². The first-order valence-corrected chi connectivity index (χ1v) is 7.94. The SMILES string of the molecule is COc1ccc(C(N)c2sc(C)cc2Br)c(OC)c1OC.